The van der Waals surface area contributed by atoms with E-state index in [0.29, 0.717) is 24.5 Å². The fourth-order valence-electron chi connectivity index (χ4n) is 1.04. The zero-order valence-electron chi connectivity index (χ0n) is 7.60. The van der Waals surface area contributed by atoms with Crippen molar-refractivity contribution in [3.63, 3.8) is 0 Å². The normalized spacial score (nSPS) is 12.5. The van der Waals surface area contributed by atoms with Crippen molar-refractivity contribution in [3.05, 3.63) is 23.9 Å². The summed E-state index contributed by atoms with van der Waals surface area (Å²) >= 11 is 0. The molecule has 4 heteroatoms. The predicted molar refractivity (Wildman–Crippen MR) is 49.4 cm³/mol. The number of nitrogens with zero attached hydrogens (tertiary/aromatic N) is 1. The van der Waals surface area contributed by atoms with Gasteiger partial charge in [-0.3, -0.25) is 0 Å². The highest BCUT2D eigenvalue weighted by molar-refractivity contribution is 5.17. The number of hydrogen-bond donors (Lipinski definition) is 2. The van der Waals surface area contributed by atoms with E-state index in [-0.39, 0.29) is 0 Å². The van der Waals surface area contributed by atoms with Crippen LogP contribution in [0.4, 0.5) is 0 Å². The maximum absolute atomic E-state index is 9.54. The Bertz CT molecular complexity index is 266. The Kier molecular flexibility index (Phi) is 3.67. The molecule has 0 aromatic carbocycles. The molecule has 72 valence electrons. The molecule has 3 N–H and O–H groups in total. The van der Waals surface area contributed by atoms with Gasteiger partial charge in [-0.15, -0.1) is 0 Å². The fraction of sp³-hybridized carbons (Fsp3) is 0.444. The maximum Gasteiger partial charge on any atom is 0.213 e. The monoisotopic (exact) mass is 182 g/mol. The number of hydrogen-bond acceptors (Lipinski definition) is 4. The standard InChI is InChI=1S/C9H14N2O2/c1-13-9-4-2-3-7(11-9)8(12)5-6-10/h2-4,8,12H,5-6,10H2,1H3/t8-/m0/s1. The number of aromatic nitrogens is 1. The number of aliphatic hydroxyl groups excluding tert-OH is 1. The molecule has 0 aliphatic heterocycles. The molecule has 0 aliphatic carbocycles. The van der Waals surface area contributed by atoms with Crippen LogP contribution in [0.1, 0.15) is 18.2 Å². The van der Waals surface area contributed by atoms with Crippen LogP contribution in [0, 0.1) is 0 Å². The summed E-state index contributed by atoms with van der Waals surface area (Å²) in [6.45, 7) is 0.445. The molecule has 1 heterocycles. The Morgan fingerprint density at radius 2 is 2.38 bits per heavy atom. The van der Waals surface area contributed by atoms with E-state index >= 15 is 0 Å². The molecule has 0 bridgehead atoms. The van der Waals surface area contributed by atoms with Gasteiger partial charge in [0, 0.05) is 6.07 Å². The summed E-state index contributed by atoms with van der Waals surface area (Å²) in [5, 5.41) is 9.54. The van der Waals surface area contributed by atoms with Gasteiger partial charge in [0.2, 0.25) is 5.88 Å². The number of aliphatic hydroxyl groups is 1. The van der Waals surface area contributed by atoms with Gasteiger partial charge in [-0.1, -0.05) is 6.07 Å². The third-order valence-corrected chi connectivity index (χ3v) is 1.74. The van der Waals surface area contributed by atoms with Crippen LogP contribution in [0.25, 0.3) is 0 Å². The van der Waals surface area contributed by atoms with Crippen molar-refractivity contribution >= 4 is 0 Å². The van der Waals surface area contributed by atoms with Crippen molar-refractivity contribution in [1.29, 1.82) is 0 Å². The van der Waals surface area contributed by atoms with E-state index in [2.05, 4.69) is 4.98 Å². The average Bonchev–Trinajstić information content (AvgIpc) is 2.18. The number of rotatable bonds is 4. The quantitative estimate of drug-likeness (QED) is 0.710. The maximum atomic E-state index is 9.54. The summed E-state index contributed by atoms with van der Waals surface area (Å²) < 4.78 is 4.93. The first kappa shape index (κ1) is 9.95. The summed E-state index contributed by atoms with van der Waals surface area (Å²) in [5.41, 5.74) is 5.92. The minimum absolute atomic E-state index is 0.445. The van der Waals surface area contributed by atoms with Gasteiger partial charge in [-0.05, 0) is 19.0 Å². The van der Waals surface area contributed by atoms with Crippen LogP contribution in [0.3, 0.4) is 0 Å². The highest BCUT2D eigenvalue weighted by Gasteiger charge is 2.08. The number of ether oxygens (including phenoxy) is 1. The van der Waals surface area contributed by atoms with E-state index in [1.54, 1.807) is 25.3 Å². The molecule has 0 radical (unpaired) electrons. The molecule has 1 atom stereocenters. The van der Waals surface area contributed by atoms with Crippen molar-refractivity contribution in [2.75, 3.05) is 13.7 Å². The first-order valence-electron chi connectivity index (χ1n) is 4.17. The van der Waals surface area contributed by atoms with Gasteiger partial charge in [-0.2, -0.15) is 0 Å². The van der Waals surface area contributed by atoms with Crippen molar-refractivity contribution in [2.24, 2.45) is 5.73 Å². The summed E-state index contributed by atoms with van der Waals surface area (Å²) in [4.78, 5) is 4.08. The molecule has 4 nitrogen and oxygen atoms in total. The van der Waals surface area contributed by atoms with Gasteiger partial charge in [0.15, 0.2) is 0 Å². The number of pyridine rings is 1. The summed E-state index contributed by atoms with van der Waals surface area (Å²) in [6.07, 6.45) is -0.0831. The second-order valence-electron chi connectivity index (χ2n) is 2.70. The highest BCUT2D eigenvalue weighted by Crippen LogP contribution is 2.16. The lowest BCUT2D eigenvalue weighted by molar-refractivity contribution is 0.164. The molecule has 1 aromatic heterocycles. The summed E-state index contributed by atoms with van der Waals surface area (Å²) in [5.74, 6) is 0.508. The van der Waals surface area contributed by atoms with E-state index in [1.807, 2.05) is 0 Å². The highest BCUT2D eigenvalue weighted by atomic mass is 16.5. The molecular formula is C9H14N2O2. The van der Waals surface area contributed by atoms with Crippen molar-refractivity contribution in [1.82, 2.24) is 4.98 Å². The molecule has 0 aliphatic rings. The van der Waals surface area contributed by atoms with Crippen LogP contribution in [-0.2, 0) is 0 Å². The smallest absolute Gasteiger partial charge is 0.213 e. The van der Waals surface area contributed by atoms with Crippen molar-refractivity contribution in [2.45, 2.75) is 12.5 Å². The van der Waals surface area contributed by atoms with Crippen molar-refractivity contribution < 1.29 is 9.84 Å². The van der Waals surface area contributed by atoms with E-state index in [4.69, 9.17) is 10.5 Å². The lowest BCUT2D eigenvalue weighted by Crippen LogP contribution is -2.08. The minimum atomic E-state index is -0.597. The molecule has 1 rings (SSSR count). The molecule has 0 saturated heterocycles. The number of nitrogens with two attached hydrogens (primary N) is 1. The lowest BCUT2D eigenvalue weighted by Gasteiger charge is -2.08. The molecule has 0 unspecified atom stereocenters. The van der Waals surface area contributed by atoms with Gasteiger partial charge in [0.25, 0.3) is 0 Å². The molecule has 0 spiro atoms. The molecule has 0 saturated carbocycles. The van der Waals surface area contributed by atoms with Gasteiger partial charge in [0.1, 0.15) is 0 Å². The largest absolute Gasteiger partial charge is 0.481 e. The Balaban J connectivity index is 2.75. The van der Waals surface area contributed by atoms with E-state index < -0.39 is 6.10 Å². The van der Waals surface area contributed by atoms with Crippen LogP contribution in [0.5, 0.6) is 5.88 Å². The second-order valence-corrected chi connectivity index (χ2v) is 2.70. The predicted octanol–water partition coefficient (Wildman–Crippen LogP) is 0.472. The summed E-state index contributed by atoms with van der Waals surface area (Å²) in [6, 6.07) is 5.28. The zero-order valence-corrected chi connectivity index (χ0v) is 7.60. The molecule has 1 aromatic rings. The lowest BCUT2D eigenvalue weighted by atomic mass is 10.2. The van der Waals surface area contributed by atoms with Gasteiger partial charge >= 0.3 is 0 Å². The Hall–Kier alpha value is -1.13. The van der Waals surface area contributed by atoms with Crippen molar-refractivity contribution in [3.8, 4) is 5.88 Å². The first-order valence-corrected chi connectivity index (χ1v) is 4.17. The number of methoxy groups -OCH3 is 1. The van der Waals surface area contributed by atoms with Crippen LogP contribution >= 0.6 is 0 Å². The molecule has 13 heavy (non-hydrogen) atoms. The SMILES string of the molecule is COc1cccc([C@@H](O)CCN)n1. The second kappa shape index (κ2) is 4.79. The molecule has 0 amide bonds. The zero-order chi connectivity index (χ0) is 9.68. The topological polar surface area (TPSA) is 68.4 Å². The first-order chi connectivity index (χ1) is 6.27. The van der Waals surface area contributed by atoms with Crippen LogP contribution in [0.15, 0.2) is 18.2 Å². The van der Waals surface area contributed by atoms with E-state index in [1.165, 1.54) is 0 Å². The fourth-order valence-corrected chi connectivity index (χ4v) is 1.04. The summed E-state index contributed by atoms with van der Waals surface area (Å²) in [7, 11) is 1.54. The minimum Gasteiger partial charge on any atom is -0.481 e. The van der Waals surface area contributed by atoms with E-state index in [9.17, 15) is 5.11 Å². The van der Waals surface area contributed by atoms with Crippen LogP contribution in [-0.4, -0.2) is 23.7 Å². The molecular weight excluding hydrogens is 168 g/mol. The van der Waals surface area contributed by atoms with Gasteiger partial charge < -0.3 is 15.6 Å². The third-order valence-electron chi connectivity index (χ3n) is 1.74. The average molecular weight is 182 g/mol. The Labute approximate surface area is 77.4 Å². The van der Waals surface area contributed by atoms with E-state index in [0.717, 1.165) is 0 Å². The van der Waals surface area contributed by atoms with Gasteiger partial charge in [0.05, 0.1) is 18.9 Å². The van der Waals surface area contributed by atoms with Gasteiger partial charge in [-0.25, -0.2) is 4.98 Å². The van der Waals surface area contributed by atoms with Crippen LogP contribution in [0.2, 0.25) is 0 Å². The third kappa shape index (κ3) is 2.68. The Morgan fingerprint density at radius 3 is 3.00 bits per heavy atom. The molecule has 0 fully saturated rings. The Morgan fingerprint density at radius 1 is 1.62 bits per heavy atom. The van der Waals surface area contributed by atoms with Crippen LogP contribution < -0.4 is 10.5 Å².